The number of hydrogen-bond donors (Lipinski definition) is 2. The normalized spacial score (nSPS) is 29.8. The van der Waals surface area contributed by atoms with E-state index < -0.39 is 24.0 Å². The molecule has 1 unspecified atom stereocenters. The third-order valence-electron chi connectivity index (χ3n) is 4.29. The summed E-state index contributed by atoms with van der Waals surface area (Å²) in [5.74, 6) is -1.31. The lowest BCUT2D eigenvalue weighted by atomic mass is 9.67. The van der Waals surface area contributed by atoms with Crippen molar-refractivity contribution in [2.24, 2.45) is 5.92 Å². The highest BCUT2D eigenvalue weighted by Gasteiger charge is 2.57. The number of amides is 1. The molecular weight excluding hydrogens is 222 g/mol. The minimum absolute atomic E-state index is 0.0537. The standard InChI is InChI=1S/C12H19NO4/c14-8-10(15)13-7-6-12(13,11(16)17)9-4-2-1-3-5-9/h9,14H,1-8H2,(H,16,17). The van der Waals surface area contributed by atoms with Gasteiger partial charge in [-0.1, -0.05) is 19.3 Å². The second-order valence-corrected chi connectivity index (χ2v) is 5.02. The summed E-state index contributed by atoms with van der Waals surface area (Å²) in [4.78, 5) is 24.5. The van der Waals surface area contributed by atoms with Crippen LogP contribution in [0.4, 0.5) is 0 Å². The summed E-state index contributed by atoms with van der Waals surface area (Å²) in [6.07, 6.45) is 5.52. The molecule has 1 saturated carbocycles. The van der Waals surface area contributed by atoms with Crippen molar-refractivity contribution in [3.8, 4) is 0 Å². The minimum Gasteiger partial charge on any atom is -0.479 e. The van der Waals surface area contributed by atoms with Crippen molar-refractivity contribution in [2.75, 3.05) is 13.2 Å². The van der Waals surface area contributed by atoms with Crippen molar-refractivity contribution in [2.45, 2.75) is 44.1 Å². The molecule has 1 aliphatic carbocycles. The van der Waals surface area contributed by atoms with Gasteiger partial charge in [0.1, 0.15) is 12.1 Å². The summed E-state index contributed by atoms with van der Waals surface area (Å²) >= 11 is 0. The van der Waals surface area contributed by atoms with E-state index >= 15 is 0 Å². The topological polar surface area (TPSA) is 77.8 Å². The van der Waals surface area contributed by atoms with Crippen LogP contribution in [0, 0.1) is 5.92 Å². The Morgan fingerprint density at radius 3 is 2.29 bits per heavy atom. The van der Waals surface area contributed by atoms with Crippen molar-refractivity contribution in [1.82, 2.24) is 4.90 Å². The molecule has 1 amide bonds. The van der Waals surface area contributed by atoms with Gasteiger partial charge in [-0.3, -0.25) is 4.79 Å². The fraction of sp³-hybridized carbons (Fsp3) is 0.833. The van der Waals surface area contributed by atoms with Crippen LogP contribution in [0.5, 0.6) is 0 Å². The number of carbonyl (C=O) groups is 2. The lowest BCUT2D eigenvalue weighted by Gasteiger charge is -2.54. The Kier molecular flexibility index (Phi) is 3.38. The molecule has 2 rings (SSSR count). The van der Waals surface area contributed by atoms with Gasteiger partial charge in [0.2, 0.25) is 5.91 Å². The maximum Gasteiger partial charge on any atom is 0.329 e. The monoisotopic (exact) mass is 241 g/mol. The molecule has 0 radical (unpaired) electrons. The van der Waals surface area contributed by atoms with Crippen LogP contribution in [-0.2, 0) is 9.59 Å². The zero-order valence-corrected chi connectivity index (χ0v) is 9.89. The number of aliphatic hydroxyl groups excluding tert-OH is 1. The van der Waals surface area contributed by atoms with Crippen molar-refractivity contribution in [3.63, 3.8) is 0 Å². The maximum atomic E-state index is 11.6. The number of nitrogens with zero attached hydrogens (tertiary/aromatic N) is 1. The number of carboxylic acids is 1. The molecule has 2 fully saturated rings. The van der Waals surface area contributed by atoms with Gasteiger partial charge in [0.05, 0.1) is 0 Å². The Bertz CT molecular complexity index is 324. The number of aliphatic carboxylic acids is 1. The second kappa shape index (κ2) is 4.64. The molecular formula is C12H19NO4. The van der Waals surface area contributed by atoms with Gasteiger partial charge in [-0.05, 0) is 25.2 Å². The first kappa shape index (κ1) is 12.4. The van der Waals surface area contributed by atoms with Crippen LogP contribution in [0.15, 0.2) is 0 Å². The van der Waals surface area contributed by atoms with E-state index in [1.165, 1.54) is 4.90 Å². The SMILES string of the molecule is O=C(CO)N1CCC1(C(=O)O)C1CCCCC1. The summed E-state index contributed by atoms with van der Waals surface area (Å²) in [6.45, 7) is -0.135. The average molecular weight is 241 g/mol. The molecule has 5 nitrogen and oxygen atoms in total. The van der Waals surface area contributed by atoms with Gasteiger partial charge in [-0.2, -0.15) is 0 Å². The van der Waals surface area contributed by atoms with E-state index in [2.05, 4.69) is 0 Å². The summed E-state index contributed by atoms with van der Waals surface area (Å²) in [7, 11) is 0. The van der Waals surface area contributed by atoms with Gasteiger partial charge >= 0.3 is 5.97 Å². The quantitative estimate of drug-likeness (QED) is 0.759. The van der Waals surface area contributed by atoms with Crippen LogP contribution in [0.1, 0.15) is 38.5 Å². The van der Waals surface area contributed by atoms with E-state index in [4.69, 9.17) is 5.11 Å². The smallest absolute Gasteiger partial charge is 0.329 e. The lowest BCUT2D eigenvalue weighted by Crippen LogP contribution is -2.70. The third-order valence-corrected chi connectivity index (χ3v) is 4.29. The van der Waals surface area contributed by atoms with Crippen LogP contribution < -0.4 is 0 Å². The largest absolute Gasteiger partial charge is 0.479 e. The first-order valence-corrected chi connectivity index (χ1v) is 6.27. The number of rotatable bonds is 3. The summed E-state index contributed by atoms with van der Waals surface area (Å²) < 4.78 is 0. The summed E-state index contributed by atoms with van der Waals surface area (Å²) in [6, 6.07) is 0. The molecule has 5 heteroatoms. The molecule has 17 heavy (non-hydrogen) atoms. The van der Waals surface area contributed by atoms with E-state index in [9.17, 15) is 14.7 Å². The number of hydrogen-bond acceptors (Lipinski definition) is 3. The molecule has 0 aromatic carbocycles. The molecule has 2 aliphatic rings. The van der Waals surface area contributed by atoms with Crippen LogP contribution in [-0.4, -0.2) is 45.7 Å². The van der Waals surface area contributed by atoms with Gasteiger partial charge in [0.15, 0.2) is 0 Å². The zero-order valence-electron chi connectivity index (χ0n) is 9.89. The molecule has 1 aliphatic heterocycles. The maximum absolute atomic E-state index is 11.6. The average Bonchev–Trinajstić information content (AvgIpc) is 2.29. The Balaban J connectivity index is 2.20. The predicted octanol–water partition coefficient (Wildman–Crippen LogP) is 0.615. The molecule has 0 aromatic heterocycles. The summed E-state index contributed by atoms with van der Waals surface area (Å²) in [5, 5.41) is 18.4. The first-order chi connectivity index (χ1) is 8.13. The zero-order chi connectivity index (χ0) is 12.5. The van der Waals surface area contributed by atoms with Crippen molar-refractivity contribution in [1.29, 1.82) is 0 Å². The van der Waals surface area contributed by atoms with Crippen LogP contribution in [0.25, 0.3) is 0 Å². The summed E-state index contributed by atoms with van der Waals surface area (Å²) in [5.41, 5.74) is -1.03. The Morgan fingerprint density at radius 2 is 1.88 bits per heavy atom. The number of aliphatic hydroxyl groups is 1. The fourth-order valence-corrected chi connectivity index (χ4v) is 3.30. The number of likely N-dealkylation sites (tertiary alicyclic amines) is 1. The van der Waals surface area contributed by atoms with Crippen molar-refractivity contribution >= 4 is 11.9 Å². The Morgan fingerprint density at radius 1 is 1.24 bits per heavy atom. The highest BCUT2D eigenvalue weighted by atomic mass is 16.4. The Hall–Kier alpha value is -1.10. The first-order valence-electron chi connectivity index (χ1n) is 6.27. The van der Waals surface area contributed by atoms with Crippen LogP contribution >= 0.6 is 0 Å². The highest BCUT2D eigenvalue weighted by molar-refractivity contribution is 5.89. The van der Waals surface area contributed by atoms with E-state index in [1.54, 1.807) is 0 Å². The van der Waals surface area contributed by atoms with Gasteiger partial charge in [0.25, 0.3) is 0 Å². The van der Waals surface area contributed by atoms with Gasteiger partial charge in [-0.15, -0.1) is 0 Å². The van der Waals surface area contributed by atoms with Crippen LogP contribution in [0.2, 0.25) is 0 Å². The predicted molar refractivity (Wildman–Crippen MR) is 60.4 cm³/mol. The lowest BCUT2D eigenvalue weighted by molar-refractivity contribution is -0.180. The van der Waals surface area contributed by atoms with E-state index in [0.717, 1.165) is 32.1 Å². The van der Waals surface area contributed by atoms with Gasteiger partial charge in [0, 0.05) is 6.54 Å². The molecule has 96 valence electrons. The Labute approximate surface area is 100 Å². The molecule has 1 saturated heterocycles. The van der Waals surface area contributed by atoms with Crippen molar-refractivity contribution < 1.29 is 19.8 Å². The third kappa shape index (κ3) is 1.82. The van der Waals surface area contributed by atoms with Crippen LogP contribution in [0.3, 0.4) is 0 Å². The van der Waals surface area contributed by atoms with Gasteiger partial charge in [-0.25, -0.2) is 4.79 Å². The van der Waals surface area contributed by atoms with Crippen molar-refractivity contribution in [3.05, 3.63) is 0 Å². The molecule has 0 aromatic rings. The fourth-order valence-electron chi connectivity index (χ4n) is 3.30. The molecule has 0 spiro atoms. The van der Waals surface area contributed by atoms with E-state index in [-0.39, 0.29) is 5.92 Å². The minimum atomic E-state index is -1.03. The molecule has 0 bridgehead atoms. The molecule has 1 heterocycles. The second-order valence-electron chi connectivity index (χ2n) is 5.02. The number of carbonyl (C=O) groups excluding carboxylic acids is 1. The van der Waals surface area contributed by atoms with E-state index in [0.29, 0.717) is 13.0 Å². The molecule has 1 atom stereocenters. The molecule has 2 N–H and O–H groups in total. The number of carboxylic acid groups (broad SMARTS) is 1. The highest BCUT2D eigenvalue weighted by Crippen LogP contribution is 2.44. The van der Waals surface area contributed by atoms with Gasteiger partial charge < -0.3 is 15.1 Å². The van der Waals surface area contributed by atoms with E-state index in [1.807, 2.05) is 0 Å².